The first kappa shape index (κ1) is 16.5. The van der Waals surface area contributed by atoms with Crippen LogP contribution in [0.3, 0.4) is 0 Å². The Hall–Kier alpha value is -1.92. The highest BCUT2D eigenvalue weighted by molar-refractivity contribution is 5.85. The number of hydrogen-bond acceptors (Lipinski definition) is 4. The van der Waals surface area contributed by atoms with Gasteiger partial charge in [-0.2, -0.15) is 5.10 Å². The molecule has 1 unspecified atom stereocenters. The maximum absolute atomic E-state index is 12.6. The molecule has 0 spiro atoms. The number of halogens is 1. The van der Waals surface area contributed by atoms with Gasteiger partial charge in [0.05, 0.1) is 18.2 Å². The lowest BCUT2D eigenvalue weighted by molar-refractivity contribution is -0.133. The van der Waals surface area contributed by atoms with Gasteiger partial charge in [0.25, 0.3) is 0 Å². The Kier molecular flexibility index (Phi) is 5.51. The number of piperazine rings is 1. The fourth-order valence-electron chi connectivity index (χ4n) is 2.70. The van der Waals surface area contributed by atoms with Gasteiger partial charge in [0.15, 0.2) is 0 Å². The lowest BCUT2D eigenvalue weighted by Crippen LogP contribution is -2.49. The largest absolute Gasteiger partial charge is 0.333 e. The van der Waals surface area contributed by atoms with Gasteiger partial charge in [0.1, 0.15) is 0 Å². The van der Waals surface area contributed by atoms with E-state index >= 15 is 0 Å². The average Bonchev–Trinajstić information content (AvgIpc) is 2.93. The zero-order chi connectivity index (χ0) is 14.7. The summed E-state index contributed by atoms with van der Waals surface area (Å²) in [5, 5.41) is 10.4. The smallest absolute Gasteiger partial charge is 0.229 e. The minimum Gasteiger partial charge on any atom is -0.333 e. The minimum absolute atomic E-state index is 0. The van der Waals surface area contributed by atoms with Gasteiger partial charge in [0, 0.05) is 37.7 Å². The maximum Gasteiger partial charge on any atom is 0.229 e. The van der Waals surface area contributed by atoms with Crippen LogP contribution >= 0.6 is 12.4 Å². The van der Waals surface area contributed by atoms with Crippen molar-refractivity contribution < 1.29 is 4.79 Å². The molecule has 0 bridgehead atoms. The first-order valence-corrected chi connectivity index (χ1v) is 7.15. The number of hydrogen-bond donors (Lipinski definition) is 2. The van der Waals surface area contributed by atoms with Crippen molar-refractivity contribution >= 4 is 18.3 Å². The van der Waals surface area contributed by atoms with E-state index in [1.807, 2.05) is 36.2 Å². The van der Waals surface area contributed by atoms with Gasteiger partial charge in [-0.3, -0.25) is 14.9 Å². The van der Waals surface area contributed by atoms with E-state index in [2.05, 4.69) is 20.5 Å². The third kappa shape index (κ3) is 3.64. The van der Waals surface area contributed by atoms with Crippen molar-refractivity contribution in [2.75, 3.05) is 19.6 Å². The molecule has 0 radical (unpaired) electrons. The van der Waals surface area contributed by atoms with Gasteiger partial charge in [-0.15, -0.1) is 12.4 Å². The summed E-state index contributed by atoms with van der Waals surface area (Å²) >= 11 is 0. The molecule has 7 heteroatoms. The van der Waals surface area contributed by atoms with Crippen LogP contribution in [0.15, 0.2) is 30.6 Å². The van der Waals surface area contributed by atoms with Gasteiger partial charge in [-0.1, -0.05) is 6.07 Å². The van der Waals surface area contributed by atoms with Crippen LogP contribution in [0.25, 0.3) is 0 Å². The zero-order valence-corrected chi connectivity index (χ0v) is 13.3. The predicted molar refractivity (Wildman–Crippen MR) is 85.8 cm³/mol. The molecule has 6 nitrogen and oxygen atoms in total. The van der Waals surface area contributed by atoms with Crippen molar-refractivity contribution in [1.82, 2.24) is 25.4 Å². The van der Waals surface area contributed by atoms with Crippen molar-refractivity contribution in [3.63, 3.8) is 0 Å². The Balaban J connectivity index is 0.00000176. The number of nitrogens with zero attached hydrogens (tertiary/aromatic N) is 3. The van der Waals surface area contributed by atoms with Gasteiger partial charge in [0.2, 0.25) is 5.91 Å². The van der Waals surface area contributed by atoms with Crippen molar-refractivity contribution in [3.8, 4) is 0 Å². The van der Waals surface area contributed by atoms with E-state index in [-0.39, 0.29) is 24.4 Å². The predicted octanol–water partition coefficient (Wildman–Crippen LogP) is 1.25. The van der Waals surface area contributed by atoms with Crippen LogP contribution in [0.1, 0.15) is 23.0 Å². The van der Waals surface area contributed by atoms with Gasteiger partial charge >= 0.3 is 0 Å². The molecule has 1 aliphatic heterocycles. The van der Waals surface area contributed by atoms with Crippen LogP contribution in [-0.2, 0) is 11.2 Å². The normalized spacial score (nSPS) is 17.9. The summed E-state index contributed by atoms with van der Waals surface area (Å²) in [5.41, 5.74) is 2.83. The highest BCUT2D eigenvalue weighted by Crippen LogP contribution is 2.22. The Morgan fingerprint density at radius 2 is 2.36 bits per heavy atom. The highest BCUT2D eigenvalue weighted by Gasteiger charge is 2.28. The second-order valence-electron chi connectivity index (χ2n) is 5.31. The molecule has 1 fully saturated rings. The third-order valence-electron chi connectivity index (χ3n) is 3.72. The summed E-state index contributed by atoms with van der Waals surface area (Å²) in [4.78, 5) is 18.7. The fourth-order valence-corrected chi connectivity index (χ4v) is 2.70. The number of H-pyrrole nitrogens is 1. The molecule has 1 atom stereocenters. The molecule has 0 aliphatic carbocycles. The van der Waals surface area contributed by atoms with Crippen LogP contribution in [0.2, 0.25) is 0 Å². The molecule has 2 aromatic heterocycles. The molecule has 1 aliphatic rings. The fraction of sp³-hybridized carbons (Fsp3) is 0.400. The molecule has 2 N–H and O–H groups in total. The summed E-state index contributed by atoms with van der Waals surface area (Å²) in [6.45, 7) is 4.23. The van der Waals surface area contributed by atoms with E-state index in [0.29, 0.717) is 13.0 Å². The second-order valence-corrected chi connectivity index (χ2v) is 5.31. The van der Waals surface area contributed by atoms with Gasteiger partial charge < -0.3 is 10.2 Å². The summed E-state index contributed by atoms with van der Waals surface area (Å²) in [6.07, 6.45) is 3.91. The number of nitrogens with one attached hydrogen (secondary N) is 2. The Morgan fingerprint density at radius 1 is 1.50 bits per heavy atom. The van der Waals surface area contributed by atoms with Crippen molar-refractivity contribution in [2.24, 2.45) is 0 Å². The Bertz CT molecular complexity index is 615. The first-order valence-electron chi connectivity index (χ1n) is 7.15. The Morgan fingerprint density at radius 3 is 3.05 bits per heavy atom. The van der Waals surface area contributed by atoms with E-state index in [9.17, 15) is 4.79 Å². The number of aromatic amines is 1. The molecule has 1 saturated heterocycles. The number of amides is 1. The van der Waals surface area contributed by atoms with E-state index in [0.717, 1.165) is 30.0 Å². The molecule has 2 aromatic rings. The van der Waals surface area contributed by atoms with Crippen LogP contribution in [-0.4, -0.2) is 45.6 Å². The van der Waals surface area contributed by atoms with Gasteiger partial charge in [-0.05, 0) is 24.6 Å². The highest BCUT2D eigenvalue weighted by atomic mass is 35.5. The summed E-state index contributed by atoms with van der Waals surface area (Å²) < 4.78 is 0. The lowest BCUT2D eigenvalue weighted by atomic mass is 10.0. The van der Waals surface area contributed by atoms with E-state index in [1.54, 1.807) is 6.20 Å². The number of aromatic nitrogens is 3. The van der Waals surface area contributed by atoms with Crippen molar-refractivity contribution in [3.05, 3.63) is 47.5 Å². The molecule has 0 aromatic carbocycles. The number of carbonyl (C=O) groups is 1. The number of pyridine rings is 1. The van der Waals surface area contributed by atoms with E-state index in [1.165, 1.54) is 0 Å². The molecule has 22 heavy (non-hydrogen) atoms. The van der Waals surface area contributed by atoms with Crippen LogP contribution in [0.5, 0.6) is 0 Å². The minimum atomic E-state index is 0. The van der Waals surface area contributed by atoms with Crippen LogP contribution < -0.4 is 5.32 Å². The molecule has 0 saturated carbocycles. The number of aryl methyl sites for hydroxylation is 1. The SMILES string of the molecule is Cc1cc(CC(=O)N2CCNCC2c2cccnc2)n[nH]1.Cl. The summed E-state index contributed by atoms with van der Waals surface area (Å²) in [7, 11) is 0. The topological polar surface area (TPSA) is 73.9 Å². The van der Waals surface area contributed by atoms with Gasteiger partial charge in [-0.25, -0.2) is 0 Å². The monoisotopic (exact) mass is 321 g/mol. The van der Waals surface area contributed by atoms with Crippen LogP contribution in [0.4, 0.5) is 0 Å². The third-order valence-corrected chi connectivity index (χ3v) is 3.72. The van der Waals surface area contributed by atoms with Crippen molar-refractivity contribution in [2.45, 2.75) is 19.4 Å². The summed E-state index contributed by atoms with van der Waals surface area (Å²) in [6, 6.07) is 5.88. The first-order chi connectivity index (χ1) is 10.2. The quantitative estimate of drug-likeness (QED) is 0.892. The molecule has 118 valence electrons. The maximum atomic E-state index is 12.6. The molecule has 1 amide bonds. The van der Waals surface area contributed by atoms with E-state index in [4.69, 9.17) is 0 Å². The molecular formula is C15H20ClN5O. The van der Waals surface area contributed by atoms with Crippen molar-refractivity contribution in [1.29, 1.82) is 0 Å². The second kappa shape index (κ2) is 7.38. The zero-order valence-electron chi connectivity index (χ0n) is 12.5. The average molecular weight is 322 g/mol. The molecule has 3 heterocycles. The lowest BCUT2D eigenvalue weighted by Gasteiger charge is -2.36. The molecular weight excluding hydrogens is 302 g/mol. The van der Waals surface area contributed by atoms with Crippen LogP contribution in [0, 0.1) is 6.92 Å². The summed E-state index contributed by atoms with van der Waals surface area (Å²) in [5.74, 6) is 0.108. The number of rotatable bonds is 3. The van der Waals surface area contributed by atoms with E-state index < -0.39 is 0 Å². The standard InChI is InChI=1S/C15H19N5O.ClH/c1-11-7-13(19-18-11)8-15(21)20-6-5-17-10-14(20)12-3-2-4-16-9-12;/h2-4,7,9,14,17H,5-6,8,10H2,1H3,(H,18,19);1H. The number of carbonyl (C=O) groups excluding carboxylic acids is 1. The Labute approximate surface area is 135 Å². The molecule has 3 rings (SSSR count).